The van der Waals surface area contributed by atoms with Gasteiger partial charge in [0.05, 0.1) is 18.0 Å². The lowest BCUT2D eigenvalue weighted by molar-refractivity contribution is -0.130. The molecular weight excluding hydrogens is 578 g/mol. The number of aryl methyl sites for hydroxylation is 2. The highest BCUT2D eigenvalue weighted by Crippen LogP contribution is 2.48. The Hall–Kier alpha value is -4.56. The van der Waals surface area contributed by atoms with Crippen LogP contribution in [0.3, 0.4) is 0 Å². The molecule has 3 atom stereocenters. The van der Waals surface area contributed by atoms with Gasteiger partial charge in [-0.25, -0.2) is 0 Å². The highest BCUT2D eigenvalue weighted by molar-refractivity contribution is 5.94. The number of rotatable bonds is 10. The number of H-pyrrole nitrogens is 1. The topological polar surface area (TPSA) is 152 Å². The van der Waals surface area contributed by atoms with Crippen molar-refractivity contribution in [2.24, 2.45) is 5.92 Å². The third-order valence-electron chi connectivity index (χ3n) is 10.4. The number of fused-ring (bicyclic) bond motifs is 2. The molecule has 3 aromatic rings. The number of hydrogen-bond acceptors (Lipinski definition) is 8. The van der Waals surface area contributed by atoms with Crippen LogP contribution in [-0.4, -0.2) is 76.6 Å². The predicted octanol–water partition coefficient (Wildman–Crippen LogP) is 3.24. The Morgan fingerprint density at radius 3 is 2.37 bits per heavy atom. The average Bonchev–Trinajstić information content (AvgIpc) is 3.89. The van der Waals surface area contributed by atoms with Crippen molar-refractivity contribution in [1.29, 1.82) is 5.26 Å². The number of amides is 2. The molecule has 1 saturated carbocycles. The third kappa shape index (κ3) is 5.78. The molecular formula is C35H43N9O2. The summed E-state index contributed by atoms with van der Waals surface area (Å²) in [5.74, 6) is 0.743. The molecule has 2 aliphatic carbocycles. The zero-order valence-corrected chi connectivity index (χ0v) is 26.7. The van der Waals surface area contributed by atoms with E-state index in [0.717, 1.165) is 84.9 Å². The van der Waals surface area contributed by atoms with Crippen LogP contribution in [0.15, 0.2) is 43.0 Å². The molecule has 0 radical (unpaired) electrons. The quantitative estimate of drug-likeness (QED) is 0.269. The fourth-order valence-corrected chi connectivity index (χ4v) is 7.98. The summed E-state index contributed by atoms with van der Waals surface area (Å²) in [4.78, 5) is 28.0. The van der Waals surface area contributed by atoms with Gasteiger partial charge < -0.3 is 20.9 Å². The third-order valence-corrected chi connectivity index (χ3v) is 10.4. The zero-order chi connectivity index (χ0) is 32.3. The highest BCUT2D eigenvalue weighted by atomic mass is 16.2. The van der Waals surface area contributed by atoms with E-state index >= 15 is 0 Å². The SMILES string of the molecule is C=C(NC)c1ccc2c(c1)CCc1cc(C(=O)NC)ccc1C2(C[C@H](NCC(=O)N1CCCC1C#N)C1CCCC1)c1nn[nH]n1. The smallest absolute Gasteiger partial charge is 0.251 e. The van der Waals surface area contributed by atoms with Gasteiger partial charge in [-0.2, -0.15) is 10.5 Å². The van der Waals surface area contributed by atoms with E-state index < -0.39 is 5.41 Å². The van der Waals surface area contributed by atoms with Gasteiger partial charge in [0.2, 0.25) is 5.91 Å². The van der Waals surface area contributed by atoms with Gasteiger partial charge in [0.25, 0.3) is 5.91 Å². The molecule has 3 aliphatic rings. The molecule has 1 saturated heterocycles. The van der Waals surface area contributed by atoms with Gasteiger partial charge in [-0.3, -0.25) is 9.59 Å². The van der Waals surface area contributed by atoms with Crippen molar-refractivity contribution in [2.75, 3.05) is 27.2 Å². The van der Waals surface area contributed by atoms with Gasteiger partial charge in [0, 0.05) is 37.9 Å². The second-order valence-corrected chi connectivity index (χ2v) is 12.8. The van der Waals surface area contributed by atoms with Crippen LogP contribution in [0.2, 0.25) is 0 Å². The summed E-state index contributed by atoms with van der Waals surface area (Å²) >= 11 is 0. The highest BCUT2D eigenvalue weighted by Gasteiger charge is 2.47. The Kier molecular flexibility index (Phi) is 9.17. The molecule has 4 N–H and O–H groups in total. The minimum Gasteiger partial charge on any atom is -0.388 e. The molecule has 1 aliphatic heterocycles. The summed E-state index contributed by atoms with van der Waals surface area (Å²) in [7, 11) is 3.51. The number of benzene rings is 2. The maximum absolute atomic E-state index is 13.5. The maximum atomic E-state index is 13.5. The lowest BCUT2D eigenvalue weighted by Crippen LogP contribution is -2.48. The number of nitriles is 1. The van der Waals surface area contributed by atoms with Crippen LogP contribution in [0.1, 0.15) is 88.9 Å². The van der Waals surface area contributed by atoms with E-state index in [0.29, 0.717) is 30.3 Å². The Morgan fingerprint density at radius 1 is 1.04 bits per heavy atom. The minimum absolute atomic E-state index is 0.0345. The van der Waals surface area contributed by atoms with Crippen molar-refractivity contribution in [3.8, 4) is 6.07 Å². The van der Waals surface area contributed by atoms with E-state index in [4.69, 9.17) is 0 Å². The number of nitrogens with one attached hydrogen (secondary N) is 4. The number of likely N-dealkylation sites (tertiary alicyclic amines) is 1. The standard InChI is InChI=1S/C35H43N9O2/c1-22(37-2)24-12-14-29-25(17-24)10-11-26-18-27(33(46)38-3)13-15-30(26)35(29,34-40-42-43-41-34)19-31(23-7-4-5-8-23)39-21-32(45)44-16-6-9-28(44)20-36/h12-15,17-18,23,28,31,37,39H,1,4-11,16,19,21H2,2-3H3,(H,38,46)(H,40,41,42,43)/t28?,31-,35?/m0/s1. The van der Waals surface area contributed by atoms with Crippen LogP contribution < -0.4 is 16.0 Å². The van der Waals surface area contributed by atoms with E-state index in [1.165, 1.54) is 0 Å². The van der Waals surface area contributed by atoms with E-state index in [1.807, 2.05) is 19.2 Å². The molecule has 6 rings (SSSR count). The maximum Gasteiger partial charge on any atom is 0.251 e. The molecule has 0 spiro atoms. The molecule has 2 heterocycles. The van der Waals surface area contributed by atoms with Crippen LogP contribution in [0.25, 0.3) is 5.70 Å². The Balaban J connectivity index is 1.49. The predicted molar refractivity (Wildman–Crippen MR) is 175 cm³/mol. The first-order chi connectivity index (χ1) is 22.4. The second-order valence-electron chi connectivity index (χ2n) is 12.8. The van der Waals surface area contributed by atoms with Crippen LogP contribution >= 0.6 is 0 Å². The van der Waals surface area contributed by atoms with E-state index in [2.05, 4.69) is 73.5 Å². The first kappa shape index (κ1) is 31.4. The number of tetrazole rings is 1. The lowest BCUT2D eigenvalue weighted by Gasteiger charge is -2.39. The summed E-state index contributed by atoms with van der Waals surface area (Å²) in [6.45, 7) is 4.99. The van der Waals surface area contributed by atoms with Crippen molar-refractivity contribution in [3.63, 3.8) is 0 Å². The normalized spacial score (nSPS) is 21.5. The Labute approximate surface area is 270 Å². The van der Waals surface area contributed by atoms with E-state index in [1.54, 1.807) is 11.9 Å². The van der Waals surface area contributed by atoms with Crippen LogP contribution in [-0.2, 0) is 23.1 Å². The molecule has 2 aromatic carbocycles. The zero-order valence-electron chi connectivity index (χ0n) is 26.7. The first-order valence-electron chi connectivity index (χ1n) is 16.4. The van der Waals surface area contributed by atoms with Crippen molar-refractivity contribution in [3.05, 3.63) is 82.2 Å². The van der Waals surface area contributed by atoms with Crippen LogP contribution in [0.5, 0.6) is 0 Å². The fourth-order valence-electron chi connectivity index (χ4n) is 7.98. The number of hydrogen-bond donors (Lipinski definition) is 4. The molecule has 2 amide bonds. The average molecular weight is 622 g/mol. The Bertz CT molecular complexity index is 1570. The molecule has 2 unspecified atom stereocenters. The van der Waals surface area contributed by atoms with Gasteiger partial charge in [-0.15, -0.1) is 10.2 Å². The monoisotopic (exact) mass is 621 g/mol. The lowest BCUT2D eigenvalue weighted by atomic mass is 9.66. The summed E-state index contributed by atoms with van der Waals surface area (Å²) in [5.41, 5.74) is 5.98. The summed E-state index contributed by atoms with van der Waals surface area (Å²) in [5, 5.41) is 35.4. The van der Waals surface area contributed by atoms with Gasteiger partial charge in [-0.1, -0.05) is 42.8 Å². The van der Waals surface area contributed by atoms with Gasteiger partial charge in [0.15, 0.2) is 5.82 Å². The molecule has 240 valence electrons. The van der Waals surface area contributed by atoms with Crippen molar-refractivity contribution in [2.45, 2.75) is 75.3 Å². The number of aromatic nitrogens is 4. The van der Waals surface area contributed by atoms with E-state index in [-0.39, 0.29) is 30.4 Å². The number of carbonyl (C=O) groups is 2. The molecule has 2 fully saturated rings. The van der Waals surface area contributed by atoms with E-state index in [9.17, 15) is 14.9 Å². The molecule has 46 heavy (non-hydrogen) atoms. The van der Waals surface area contributed by atoms with Crippen molar-refractivity contribution < 1.29 is 9.59 Å². The van der Waals surface area contributed by atoms with Crippen molar-refractivity contribution in [1.82, 2.24) is 41.5 Å². The van der Waals surface area contributed by atoms with Crippen LogP contribution in [0, 0.1) is 17.2 Å². The molecule has 0 bridgehead atoms. The number of nitrogens with zero attached hydrogens (tertiary/aromatic N) is 5. The van der Waals surface area contributed by atoms with Gasteiger partial charge in [0.1, 0.15) is 6.04 Å². The summed E-state index contributed by atoms with van der Waals surface area (Å²) < 4.78 is 0. The second kappa shape index (κ2) is 13.4. The van der Waals surface area contributed by atoms with Gasteiger partial charge in [-0.05, 0) is 96.9 Å². The van der Waals surface area contributed by atoms with Crippen LogP contribution in [0.4, 0.5) is 0 Å². The summed E-state index contributed by atoms with van der Waals surface area (Å²) in [6.07, 6.45) is 8.08. The minimum atomic E-state index is -0.818. The van der Waals surface area contributed by atoms with Gasteiger partial charge >= 0.3 is 0 Å². The molecule has 11 nitrogen and oxygen atoms in total. The molecule has 11 heteroatoms. The molecule has 1 aromatic heterocycles. The Morgan fingerprint density at radius 2 is 1.74 bits per heavy atom. The number of carbonyl (C=O) groups excluding carboxylic acids is 2. The first-order valence-corrected chi connectivity index (χ1v) is 16.4. The largest absolute Gasteiger partial charge is 0.388 e. The fraction of sp³-hybridized carbons (Fsp3) is 0.486. The van der Waals surface area contributed by atoms with Crippen molar-refractivity contribution >= 4 is 17.5 Å². The number of aromatic amines is 1. The summed E-state index contributed by atoms with van der Waals surface area (Å²) in [6, 6.07) is 14.3.